The number of nitrogens with one attached hydrogen (secondary N) is 1. The van der Waals surface area contributed by atoms with Gasteiger partial charge in [-0.1, -0.05) is 6.07 Å². The first kappa shape index (κ1) is 14.5. The van der Waals surface area contributed by atoms with E-state index in [2.05, 4.69) is 4.98 Å². The van der Waals surface area contributed by atoms with Crippen LogP contribution in [0.1, 0.15) is 16.9 Å². The SMILES string of the molecule is O=C(O)CC1CN(C(=O)c2cc3c(F)cccc3[nH]2)CCO1. The Balaban J connectivity index is 1.80. The van der Waals surface area contributed by atoms with Gasteiger partial charge >= 0.3 is 5.97 Å². The molecule has 0 bridgehead atoms. The van der Waals surface area contributed by atoms with Crippen molar-refractivity contribution in [2.24, 2.45) is 0 Å². The summed E-state index contributed by atoms with van der Waals surface area (Å²) < 4.78 is 19.0. The van der Waals surface area contributed by atoms with E-state index in [9.17, 15) is 14.0 Å². The number of aliphatic carboxylic acids is 1. The van der Waals surface area contributed by atoms with Gasteiger partial charge in [0.05, 0.1) is 19.1 Å². The Hall–Kier alpha value is -2.41. The quantitative estimate of drug-likeness (QED) is 0.903. The van der Waals surface area contributed by atoms with E-state index in [1.165, 1.54) is 17.0 Å². The van der Waals surface area contributed by atoms with Crippen molar-refractivity contribution in [1.82, 2.24) is 9.88 Å². The highest BCUT2D eigenvalue weighted by atomic mass is 19.1. The number of rotatable bonds is 3. The molecule has 2 aromatic rings. The van der Waals surface area contributed by atoms with E-state index in [4.69, 9.17) is 9.84 Å². The highest BCUT2D eigenvalue weighted by Crippen LogP contribution is 2.20. The van der Waals surface area contributed by atoms with Crippen LogP contribution in [0.3, 0.4) is 0 Å². The Morgan fingerprint density at radius 2 is 2.27 bits per heavy atom. The molecule has 22 heavy (non-hydrogen) atoms. The molecule has 1 atom stereocenters. The molecule has 3 rings (SSSR count). The second kappa shape index (κ2) is 5.76. The van der Waals surface area contributed by atoms with E-state index < -0.39 is 17.9 Å². The monoisotopic (exact) mass is 306 g/mol. The second-order valence-corrected chi connectivity index (χ2v) is 5.23. The number of fused-ring (bicyclic) bond motifs is 1. The van der Waals surface area contributed by atoms with Crippen LogP contribution in [0.25, 0.3) is 10.9 Å². The maximum Gasteiger partial charge on any atom is 0.306 e. The van der Waals surface area contributed by atoms with Crippen molar-refractivity contribution in [2.45, 2.75) is 12.5 Å². The van der Waals surface area contributed by atoms with E-state index in [-0.39, 0.29) is 31.2 Å². The first-order valence-corrected chi connectivity index (χ1v) is 6.94. The predicted molar refractivity (Wildman–Crippen MR) is 76.2 cm³/mol. The average Bonchev–Trinajstić information content (AvgIpc) is 2.91. The van der Waals surface area contributed by atoms with Crippen LogP contribution in [0.5, 0.6) is 0 Å². The normalized spacial score (nSPS) is 18.6. The molecule has 1 saturated heterocycles. The van der Waals surface area contributed by atoms with Crippen molar-refractivity contribution in [1.29, 1.82) is 0 Å². The van der Waals surface area contributed by atoms with Crippen molar-refractivity contribution in [2.75, 3.05) is 19.7 Å². The summed E-state index contributed by atoms with van der Waals surface area (Å²) in [5.41, 5.74) is 0.842. The lowest BCUT2D eigenvalue weighted by Crippen LogP contribution is -2.46. The Labute approximate surface area is 125 Å². The van der Waals surface area contributed by atoms with Crippen LogP contribution in [-0.2, 0) is 9.53 Å². The lowest BCUT2D eigenvalue weighted by molar-refractivity contribution is -0.141. The highest BCUT2D eigenvalue weighted by molar-refractivity contribution is 5.98. The largest absolute Gasteiger partial charge is 0.481 e. The lowest BCUT2D eigenvalue weighted by atomic mass is 10.2. The van der Waals surface area contributed by atoms with Crippen LogP contribution in [-0.4, -0.2) is 52.7 Å². The number of carboxylic acid groups (broad SMARTS) is 1. The summed E-state index contributed by atoms with van der Waals surface area (Å²) in [6.07, 6.45) is -0.665. The number of carbonyl (C=O) groups excluding carboxylic acids is 1. The van der Waals surface area contributed by atoms with Gasteiger partial charge in [0.2, 0.25) is 0 Å². The molecule has 116 valence electrons. The van der Waals surface area contributed by atoms with Gasteiger partial charge in [0.1, 0.15) is 11.5 Å². The number of carboxylic acids is 1. The predicted octanol–water partition coefficient (Wildman–Crippen LogP) is 1.62. The number of nitrogens with zero attached hydrogens (tertiary/aromatic N) is 1. The van der Waals surface area contributed by atoms with E-state index in [0.29, 0.717) is 17.4 Å². The lowest BCUT2D eigenvalue weighted by Gasteiger charge is -2.32. The van der Waals surface area contributed by atoms with Crippen LogP contribution in [0, 0.1) is 5.82 Å². The number of hydrogen-bond donors (Lipinski definition) is 2. The van der Waals surface area contributed by atoms with Gasteiger partial charge in [0, 0.05) is 24.0 Å². The van der Waals surface area contributed by atoms with Crippen molar-refractivity contribution in [3.8, 4) is 0 Å². The number of ether oxygens (including phenoxy) is 1. The van der Waals surface area contributed by atoms with Crippen molar-refractivity contribution >= 4 is 22.8 Å². The maximum atomic E-state index is 13.7. The summed E-state index contributed by atoms with van der Waals surface area (Å²) >= 11 is 0. The van der Waals surface area contributed by atoms with Gasteiger partial charge in [-0.2, -0.15) is 0 Å². The molecule has 2 heterocycles. The number of hydrogen-bond acceptors (Lipinski definition) is 3. The van der Waals surface area contributed by atoms with Crippen molar-refractivity contribution in [3.05, 3.63) is 35.8 Å². The number of halogens is 1. The molecule has 7 heteroatoms. The van der Waals surface area contributed by atoms with Gasteiger partial charge < -0.3 is 19.7 Å². The molecule has 1 aromatic carbocycles. The average molecular weight is 306 g/mol. The van der Waals surface area contributed by atoms with Crippen LogP contribution in [0.2, 0.25) is 0 Å². The van der Waals surface area contributed by atoms with Crippen molar-refractivity contribution in [3.63, 3.8) is 0 Å². The number of amides is 1. The van der Waals surface area contributed by atoms with E-state index in [1.54, 1.807) is 12.1 Å². The van der Waals surface area contributed by atoms with Crippen LogP contribution in [0.4, 0.5) is 4.39 Å². The minimum absolute atomic E-state index is 0.148. The standard InChI is InChI=1S/C15H15FN2O4/c16-11-2-1-3-12-10(11)7-13(17-12)15(21)18-4-5-22-9(8-18)6-14(19)20/h1-3,7,9,17H,4-6,8H2,(H,19,20). The van der Waals surface area contributed by atoms with Gasteiger partial charge in [-0.25, -0.2) is 4.39 Å². The van der Waals surface area contributed by atoms with Gasteiger partial charge in [-0.05, 0) is 18.2 Å². The Kier molecular flexibility index (Phi) is 3.81. The molecule has 1 aliphatic heterocycles. The number of H-pyrrole nitrogens is 1. The smallest absolute Gasteiger partial charge is 0.306 e. The Bertz CT molecular complexity index is 727. The van der Waals surface area contributed by atoms with Crippen LogP contribution in [0.15, 0.2) is 24.3 Å². The first-order valence-electron chi connectivity index (χ1n) is 6.94. The zero-order chi connectivity index (χ0) is 15.7. The van der Waals surface area contributed by atoms with Gasteiger partial charge in [-0.15, -0.1) is 0 Å². The Morgan fingerprint density at radius 1 is 1.45 bits per heavy atom. The summed E-state index contributed by atoms with van der Waals surface area (Å²) in [6, 6.07) is 6.08. The second-order valence-electron chi connectivity index (χ2n) is 5.23. The topological polar surface area (TPSA) is 82.6 Å². The highest BCUT2D eigenvalue weighted by Gasteiger charge is 2.27. The third kappa shape index (κ3) is 2.80. The maximum absolute atomic E-state index is 13.7. The van der Waals surface area contributed by atoms with Crippen LogP contribution >= 0.6 is 0 Å². The molecule has 0 radical (unpaired) electrons. The molecular weight excluding hydrogens is 291 g/mol. The fourth-order valence-corrected chi connectivity index (χ4v) is 2.63. The number of aromatic amines is 1. The van der Waals surface area contributed by atoms with Gasteiger partial charge in [0.15, 0.2) is 0 Å². The molecule has 2 N–H and O–H groups in total. The Morgan fingerprint density at radius 3 is 3.00 bits per heavy atom. The number of carbonyl (C=O) groups is 2. The minimum Gasteiger partial charge on any atom is -0.481 e. The molecule has 0 aliphatic carbocycles. The summed E-state index contributed by atoms with van der Waals surface area (Å²) in [6.45, 7) is 0.883. The van der Waals surface area contributed by atoms with E-state index in [1.807, 2.05) is 0 Å². The van der Waals surface area contributed by atoms with Gasteiger partial charge in [-0.3, -0.25) is 9.59 Å². The molecule has 0 spiro atoms. The molecule has 1 amide bonds. The first-order chi connectivity index (χ1) is 10.5. The summed E-state index contributed by atoms with van der Waals surface area (Å²) in [5, 5.41) is 9.16. The fraction of sp³-hybridized carbons (Fsp3) is 0.333. The molecule has 1 fully saturated rings. The van der Waals surface area contributed by atoms with Gasteiger partial charge in [0.25, 0.3) is 5.91 Å². The summed E-state index contributed by atoms with van der Waals surface area (Å²) in [4.78, 5) is 27.6. The third-order valence-electron chi connectivity index (χ3n) is 3.67. The minimum atomic E-state index is -0.966. The molecule has 6 nitrogen and oxygen atoms in total. The number of aromatic nitrogens is 1. The molecule has 1 aliphatic rings. The van der Waals surface area contributed by atoms with Crippen molar-refractivity contribution < 1.29 is 23.8 Å². The van der Waals surface area contributed by atoms with E-state index >= 15 is 0 Å². The summed E-state index contributed by atoms with van der Waals surface area (Å²) in [5.74, 6) is -1.64. The third-order valence-corrected chi connectivity index (χ3v) is 3.67. The summed E-state index contributed by atoms with van der Waals surface area (Å²) in [7, 11) is 0. The molecule has 0 saturated carbocycles. The number of benzene rings is 1. The fourth-order valence-electron chi connectivity index (χ4n) is 2.63. The zero-order valence-electron chi connectivity index (χ0n) is 11.7. The number of morpholine rings is 1. The molecule has 1 unspecified atom stereocenters. The molecular formula is C15H15FN2O4. The van der Waals surface area contributed by atoms with Crippen LogP contribution < -0.4 is 0 Å². The van der Waals surface area contributed by atoms with E-state index in [0.717, 1.165) is 0 Å². The molecule has 1 aromatic heterocycles. The zero-order valence-corrected chi connectivity index (χ0v) is 11.7.